The maximum Gasteiger partial charge on any atom is 0.121 e. The van der Waals surface area contributed by atoms with E-state index < -0.39 is 0 Å². The van der Waals surface area contributed by atoms with E-state index in [9.17, 15) is 5.11 Å². The van der Waals surface area contributed by atoms with Crippen LogP contribution in [0.5, 0.6) is 5.75 Å². The molecule has 19 heavy (non-hydrogen) atoms. The topological polar surface area (TPSA) is 32.7 Å². The van der Waals surface area contributed by atoms with Crippen LogP contribution in [0, 0.1) is 6.92 Å². The summed E-state index contributed by atoms with van der Waals surface area (Å²) in [5.41, 5.74) is 2.08. The fraction of sp³-hybridized carbons (Fsp3) is 0.625. The maximum absolute atomic E-state index is 10.3. The first kappa shape index (κ1) is 14.4. The van der Waals surface area contributed by atoms with Crippen LogP contribution in [-0.4, -0.2) is 36.8 Å². The van der Waals surface area contributed by atoms with Gasteiger partial charge in [0.25, 0.3) is 0 Å². The largest absolute Gasteiger partial charge is 0.496 e. The Morgan fingerprint density at radius 1 is 1.26 bits per heavy atom. The zero-order valence-electron chi connectivity index (χ0n) is 12.1. The third-order valence-corrected chi connectivity index (χ3v) is 3.97. The normalized spacial score (nSPS) is 18.3. The lowest BCUT2D eigenvalue weighted by Crippen LogP contribution is -2.31. The monoisotopic (exact) mass is 263 g/mol. The zero-order chi connectivity index (χ0) is 13.7. The molecule has 0 spiro atoms. The molecule has 2 rings (SSSR count). The van der Waals surface area contributed by atoms with Gasteiger partial charge < -0.3 is 14.7 Å². The summed E-state index contributed by atoms with van der Waals surface area (Å²) in [4.78, 5) is 2.46. The number of ether oxygens (including phenoxy) is 1. The van der Waals surface area contributed by atoms with Crippen LogP contribution >= 0.6 is 0 Å². The molecule has 1 N–H and O–H groups in total. The molecule has 1 aromatic rings. The van der Waals surface area contributed by atoms with Gasteiger partial charge in [0.05, 0.1) is 13.2 Å². The summed E-state index contributed by atoms with van der Waals surface area (Å²) in [6, 6.07) is 5.93. The van der Waals surface area contributed by atoms with Gasteiger partial charge in [-0.15, -0.1) is 0 Å². The number of hydrogen-bond donors (Lipinski definition) is 1. The van der Waals surface area contributed by atoms with Crippen LogP contribution in [0.3, 0.4) is 0 Å². The Balaban J connectivity index is 1.88. The van der Waals surface area contributed by atoms with Crippen molar-refractivity contribution in [3.05, 3.63) is 29.3 Å². The van der Waals surface area contributed by atoms with Crippen molar-refractivity contribution in [2.24, 2.45) is 0 Å². The van der Waals surface area contributed by atoms with Gasteiger partial charge in [0.1, 0.15) is 5.75 Å². The number of aryl methyl sites for hydroxylation is 1. The van der Waals surface area contributed by atoms with Gasteiger partial charge in [-0.2, -0.15) is 0 Å². The summed E-state index contributed by atoms with van der Waals surface area (Å²) >= 11 is 0. The van der Waals surface area contributed by atoms with Crippen LogP contribution < -0.4 is 4.74 Å². The quantitative estimate of drug-likeness (QED) is 0.886. The SMILES string of the molecule is COc1ccc(C(O)CCN2CCCCC2)cc1C. The van der Waals surface area contributed by atoms with Crippen LogP contribution in [0.2, 0.25) is 0 Å². The van der Waals surface area contributed by atoms with Gasteiger partial charge in [0.15, 0.2) is 0 Å². The number of nitrogens with zero attached hydrogens (tertiary/aromatic N) is 1. The molecule has 1 aliphatic rings. The Labute approximate surface area is 116 Å². The average molecular weight is 263 g/mol. The molecular formula is C16H25NO2. The van der Waals surface area contributed by atoms with Crippen LogP contribution in [-0.2, 0) is 0 Å². The fourth-order valence-corrected chi connectivity index (χ4v) is 2.76. The van der Waals surface area contributed by atoms with Gasteiger partial charge in [-0.05, 0) is 62.5 Å². The van der Waals surface area contributed by atoms with Crippen molar-refractivity contribution in [2.45, 2.75) is 38.7 Å². The lowest BCUT2D eigenvalue weighted by Gasteiger charge is -2.27. The molecule has 1 aromatic carbocycles. The third-order valence-electron chi connectivity index (χ3n) is 3.97. The Kier molecular flexibility index (Phi) is 5.23. The summed E-state index contributed by atoms with van der Waals surface area (Å²) in [5.74, 6) is 0.881. The number of rotatable bonds is 5. The summed E-state index contributed by atoms with van der Waals surface area (Å²) in [7, 11) is 1.68. The molecule has 1 aliphatic heterocycles. The van der Waals surface area contributed by atoms with Crippen molar-refractivity contribution < 1.29 is 9.84 Å². The van der Waals surface area contributed by atoms with E-state index in [1.54, 1.807) is 7.11 Å². The van der Waals surface area contributed by atoms with E-state index in [0.717, 1.165) is 29.8 Å². The first-order valence-corrected chi connectivity index (χ1v) is 7.25. The second-order valence-electron chi connectivity index (χ2n) is 5.44. The predicted molar refractivity (Wildman–Crippen MR) is 77.6 cm³/mol. The van der Waals surface area contributed by atoms with E-state index >= 15 is 0 Å². The van der Waals surface area contributed by atoms with Gasteiger partial charge >= 0.3 is 0 Å². The molecule has 0 radical (unpaired) electrons. The first-order chi connectivity index (χ1) is 9.20. The zero-order valence-corrected chi connectivity index (χ0v) is 12.1. The lowest BCUT2D eigenvalue weighted by molar-refractivity contribution is 0.134. The van der Waals surface area contributed by atoms with E-state index in [2.05, 4.69) is 4.90 Å². The summed E-state index contributed by atoms with van der Waals surface area (Å²) < 4.78 is 5.24. The van der Waals surface area contributed by atoms with Crippen molar-refractivity contribution in [3.63, 3.8) is 0 Å². The number of methoxy groups -OCH3 is 1. The molecule has 3 heteroatoms. The molecule has 0 aliphatic carbocycles. The molecule has 0 amide bonds. The highest BCUT2D eigenvalue weighted by Gasteiger charge is 2.14. The van der Waals surface area contributed by atoms with Crippen LogP contribution in [0.15, 0.2) is 18.2 Å². The van der Waals surface area contributed by atoms with E-state index in [0.29, 0.717) is 0 Å². The average Bonchev–Trinajstić information content (AvgIpc) is 2.45. The van der Waals surface area contributed by atoms with Gasteiger partial charge in [0, 0.05) is 6.54 Å². The molecule has 106 valence electrons. The van der Waals surface area contributed by atoms with Gasteiger partial charge in [-0.25, -0.2) is 0 Å². The third kappa shape index (κ3) is 3.95. The van der Waals surface area contributed by atoms with Gasteiger partial charge in [-0.1, -0.05) is 12.5 Å². The van der Waals surface area contributed by atoms with E-state index in [1.807, 2.05) is 25.1 Å². The number of hydrogen-bond acceptors (Lipinski definition) is 3. The Hall–Kier alpha value is -1.06. The molecule has 0 aromatic heterocycles. The van der Waals surface area contributed by atoms with Crippen LogP contribution in [0.25, 0.3) is 0 Å². The Morgan fingerprint density at radius 2 is 2.00 bits per heavy atom. The number of piperidine rings is 1. The number of likely N-dealkylation sites (tertiary alicyclic amines) is 1. The number of benzene rings is 1. The molecular weight excluding hydrogens is 238 g/mol. The van der Waals surface area contributed by atoms with Gasteiger partial charge in [0.2, 0.25) is 0 Å². The minimum Gasteiger partial charge on any atom is -0.496 e. The molecule has 1 fully saturated rings. The minimum atomic E-state index is -0.369. The molecule has 1 saturated heterocycles. The molecule has 1 atom stereocenters. The standard InChI is InChI=1S/C16H25NO2/c1-13-12-14(6-7-16(13)19-2)15(18)8-11-17-9-4-3-5-10-17/h6-7,12,15,18H,3-5,8-11H2,1-2H3. The maximum atomic E-state index is 10.3. The minimum absolute atomic E-state index is 0.369. The molecule has 0 bridgehead atoms. The predicted octanol–water partition coefficient (Wildman–Crippen LogP) is 2.91. The summed E-state index contributed by atoms with van der Waals surface area (Å²) in [6.45, 7) is 5.38. The molecule has 1 unspecified atom stereocenters. The molecule has 3 nitrogen and oxygen atoms in total. The van der Waals surface area contributed by atoms with Crippen molar-refractivity contribution in [1.29, 1.82) is 0 Å². The smallest absolute Gasteiger partial charge is 0.121 e. The molecule has 0 saturated carbocycles. The van der Waals surface area contributed by atoms with E-state index in [4.69, 9.17) is 4.74 Å². The highest BCUT2D eigenvalue weighted by atomic mass is 16.5. The highest BCUT2D eigenvalue weighted by molar-refractivity contribution is 5.36. The Bertz CT molecular complexity index is 400. The Morgan fingerprint density at radius 3 is 2.63 bits per heavy atom. The van der Waals surface area contributed by atoms with Crippen LogP contribution in [0.4, 0.5) is 0 Å². The van der Waals surface area contributed by atoms with Crippen LogP contribution in [0.1, 0.15) is 42.9 Å². The van der Waals surface area contributed by atoms with Crippen molar-refractivity contribution in [2.75, 3.05) is 26.7 Å². The van der Waals surface area contributed by atoms with Crippen molar-refractivity contribution in [1.82, 2.24) is 4.90 Å². The number of aliphatic hydroxyl groups excluding tert-OH is 1. The summed E-state index contributed by atoms with van der Waals surface area (Å²) in [6.07, 6.45) is 4.41. The lowest BCUT2D eigenvalue weighted by atomic mass is 10.0. The van der Waals surface area contributed by atoms with Gasteiger partial charge in [-0.3, -0.25) is 0 Å². The molecule has 1 heterocycles. The first-order valence-electron chi connectivity index (χ1n) is 7.25. The summed E-state index contributed by atoms with van der Waals surface area (Å²) in [5, 5.41) is 10.3. The highest BCUT2D eigenvalue weighted by Crippen LogP contribution is 2.24. The number of aliphatic hydroxyl groups is 1. The van der Waals surface area contributed by atoms with E-state index in [1.165, 1.54) is 32.4 Å². The van der Waals surface area contributed by atoms with E-state index in [-0.39, 0.29) is 6.10 Å². The van der Waals surface area contributed by atoms with Crippen molar-refractivity contribution in [3.8, 4) is 5.75 Å². The fourth-order valence-electron chi connectivity index (χ4n) is 2.76. The van der Waals surface area contributed by atoms with Crippen molar-refractivity contribution >= 4 is 0 Å². The second kappa shape index (κ2) is 6.92. The second-order valence-corrected chi connectivity index (χ2v) is 5.44.